The van der Waals surface area contributed by atoms with Crippen LogP contribution in [0.5, 0.6) is 0 Å². The molecule has 9 nitrogen and oxygen atoms in total. The Labute approximate surface area is 175 Å². The molecule has 1 unspecified atom stereocenters. The summed E-state index contributed by atoms with van der Waals surface area (Å²) in [6, 6.07) is 8.25. The van der Waals surface area contributed by atoms with Crippen molar-refractivity contribution in [2.75, 3.05) is 6.54 Å². The first-order valence-corrected chi connectivity index (χ1v) is 9.94. The summed E-state index contributed by atoms with van der Waals surface area (Å²) < 4.78 is 0. The first kappa shape index (κ1) is 23.3. The first-order valence-electron chi connectivity index (χ1n) is 9.94. The van der Waals surface area contributed by atoms with E-state index >= 15 is 0 Å². The second kappa shape index (κ2) is 10.2. The third kappa shape index (κ3) is 6.28. The van der Waals surface area contributed by atoms with Crippen molar-refractivity contribution in [3.8, 4) is 0 Å². The second-order valence-corrected chi connectivity index (χ2v) is 8.21. The molecule has 3 amide bonds. The van der Waals surface area contributed by atoms with E-state index < -0.39 is 47.7 Å². The predicted molar refractivity (Wildman–Crippen MR) is 107 cm³/mol. The lowest BCUT2D eigenvalue weighted by Crippen LogP contribution is -2.56. The largest absolute Gasteiger partial charge is 0.480 e. The van der Waals surface area contributed by atoms with Crippen molar-refractivity contribution in [1.82, 2.24) is 15.7 Å². The maximum Gasteiger partial charge on any atom is 0.323 e. The van der Waals surface area contributed by atoms with Crippen LogP contribution in [0.1, 0.15) is 45.1 Å². The normalized spacial score (nSPS) is 19.5. The van der Waals surface area contributed by atoms with Gasteiger partial charge >= 0.3 is 5.97 Å². The molecule has 0 radical (unpaired) electrons. The molecule has 30 heavy (non-hydrogen) atoms. The number of rotatable bonds is 8. The molecule has 2 atom stereocenters. The Morgan fingerprint density at radius 3 is 2.50 bits per heavy atom. The average molecular weight is 419 g/mol. The second-order valence-electron chi connectivity index (χ2n) is 8.21. The number of carbonyl (C=O) groups is 4. The standard InChI is InChI=1S/C21H29N3O6/c1-21(2)10-6-9-16(20(29)24(21)13-18(26)27)22-19(28)15(12-17(25)23-30)11-14-7-4-3-5-8-14/h3-5,7-8,15-16,30H,6,9-13H2,1-2H3,(H,22,28)(H,23,25)(H,26,27)/t15?,16-/m0/s1. The molecular weight excluding hydrogens is 390 g/mol. The van der Waals surface area contributed by atoms with Gasteiger partial charge in [0.05, 0.1) is 5.92 Å². The van der Waals surface area contributed by atoms with Crippen molar-refractivity contribution >= 4 is 23.7 Å². The molecule has 0 saturated carbocycles. The summed E-state index contributed by atoms with van der Waals surface area (Å²) in [5.74, 6) is -3.55. The molecule has 1 aromatic rings. The monoisotopic (exact) mass is 419 g/mol. The summed E-state index contributed by atoms with van der Waals surface area (Å²) in [6.45, 7) is 3.17. The Kier molecular flexibility index (Phi) is 7.93. The number of hydrogen-bond donors (Lipinski definition) is 4. The van der Waals surface area contributed by atoms with Crippen molar-refractivity contribution in [2.24, 2.45) is 5.92 Å². The van der Waals surface area contributed by atoms with Crippen LogP contribution in [0.3, 0.4) is 0 Å². The fourth-order valence-electron chi connectivity index (χ4n) is 3.76. The average Bonchev–Trinajstić information content (AvgIpc) is 2.79. The van der Waals surface area contributed by atoms with Crippen LogP contribution in [0, 0.1) is 5.92 Å². The molecule has 0 aromatic heterocycles. The quantitative estimate of drug-likeness (QED) is 0.368. The number of carboxylic acid groups (broad SMARTS) is 1. The number of aliphatic carboxylic acids is 1. The highest BCUT2D eigenvalue weighted by molar-refractivity contribution is 5.92. The van der Waals surface area contributed by atoms with Crippen molar-refractivity contribution in [1.29, 1.82) is 0 Å². The third-order valence-electron chi connectivity index (χ3n) is 5.44. The number of carbonyl (C=O) groups excluding carboxylic acids is 3. The van der Waals surface area contributed by atoms with Crippen LogP contribution in [-0.4, -0.2) is 57.0 Å². The van der Waals surface area contributed by atoms with Crippen LogP contribution < -0.4 is 10.8 Å². The van der Waals surface area contributed by atoms with Gasteiger partial charge < -0.3 is 15.3 Å². The van der Waals surface area contributed by atoms with Gasteiger partial charge in [-0.3, -0.25) is 24.4 Å². The number of carboxylic acids is 1. The van der Waals surface area contributed by atoms with Crippen LogP contribution in [0.15, 0.2) is 30.3 Å². The maximum atomic E-state index is 13.0. The lowest BCUT2D eigenvalue weighted by atomic mass is 9.94. The van der Waals surface area contributed by atoms with Crippen LogP contribution >= 0.6 is 0 Å². The van der Waals surface area contributed by atoms with E-state index in [9.17, 15) is 24.3 Å². The molecule has 164 valence electrons. The molecule has 1 aromatic carbocycles. The molecule has 9 heteroatoms. The zero-order chi connectivity index (χ0) is 22.3. The molecule has 1 aliphatic rings. The summed E-state index contributed by atoms with van der Waals surface area (Å²) in [5, 5.41) is 20.8. The lowest BCUT2D eigenvalue weighted by molar-refractivity contribution is -0.150. The Balaban J connectivity index is 2.18. The summed E-state index contributed by atoms with van der Waals surface area (Å²) in [7, 11) is 0. The van der Waals surface area contributed by atoms with Gasteiger partial charge in [-0.15, -0.1) is 0 Å². The molecule has 1 saturated heterocycles. The van der Waals surface area contributed by atoms with Gasteiger partial charge in [0.15, 0.2) is 0 Å². The molecule has 1 heterocycles. The summed E-state index contributed by atoms with van der Waals surface area (Å²) in [4.78, 5) is 50.2. The van der Waals surface area contributed by atoms with Crippen molar-refractivity contribution < 1.29 is 29.5 Å². The van der Waals surface area contributed by atoms with Gasteiger partial charge in [-0.1, -0.05) is 30.3 Å². The third-order valence-corrected chi connectivity index (χ3v) is 5.44. The van der Waals surface area contributed by atoms with Crippen LogP contribution in [-0.2, 0) is 25.6 Å². The number of hydrogen-bond acceptors (Lipinski definition) is 5. The van der Waals surface area contributed by atoms with E-state index in [1.807, 2.05) is 44.2 Å². The zero-order valence-corrected chi connectivity index (χ0v) is 17.3. The smallest absolute Gasteiger partial charge is 0.323 e. The number of nitrogens with zero attached hydrogens (tertiary/aromatic N) is 1. The van der Waals surface area contributed by atoms with Gasteiger partial charge in [0.25, 0.3) is 0 Å². The first-order chi connectivity index (χ1) is 14.1. The number of amides is 3. The highest BCUT2D eigenvalue weighted by Gasteiger charge is 2.40. The Morgan fingerprint density at radius 2 is 1.90 bits per heavy atom. The van der Waals surface area contributed by atoms with E-state index in [4.69, 9.17) is 5.21 Å². The van der Waals surface area contributed by atoms with Crippen LogP contribution in [0.2, 0.25) is 0 Å². The molecule has 0 bridgehead atoms. The van der Waals surface area contributed by atoms with E-state index in [1.54, 1.807) is 0 Å². The Hall–Kier alpha value is -2.94. The van der Waals surface area contributed by atoms with Crippen molar-refractivity contribution in [3.63, 3.8) is 0 Å². The molecule has 0 spiro atoms. The minimum Gasteiger partial charge on any atom is -0.480 e. The van der Waals surface area contributed by atoms with Crippen LogP contribution in [0.25, 0.3) is 0 Å². The number of likely N-dealkylation sites (tertiary alicyclic amines) is 1. The fraction of sp³-hybridized carbons (Fsp3) is 0.524. The minimum atomic E-state index is -1.12. The SMILES string of the molecule is CC1(C)CCC[C@H](NC(=O)C(CC(=O)NO)Cc2ccccc2)C(=O)N1CC(=O)O. The molecule has 4 N–H and O–H groups in total. The van der Waals surface area contributed by atoms with Crippen LogP contribution in [0.4, 0.5) is 0 Å². The predicted octanol–water partition coefficient (Wildman–Crippen LogP) is 1.10. The molecule has 2 rings (SSSR count). The van der Waals surface area contributed by atoms with E-state index in [2.05, 4.69) is 5.32 Å². The van der Waals surface area contributed by atoms with E-state index in [0.29, 0.717) is 19.3 Å². The summed E-state index contributed by atoms with van der Waals surface area (Å²) in [5.41, 5.74) is 1.73. The molecule has 0 aliphatic carbocycles. The van der Waals surface area contributed by atoms with Gasteiger partial charge in [0, 0.05) is 12.0 Å². The van der Waals surface area contributed by atoms with Crippen molar-refractivity contribution in [3.05, 3.63) is 35.9 Å². The number of hydroxylamine groups is 1. The van der Waals surface area contributed by atoms with Gasteiger partial charge in [-0.05, 0) is 45.1 Å². The molecule has 1 fully saturated rings. The lowest BCUT2D eigenvalue weighted by Gasteiger charge is -2.37. The van der Waals surface area contributed by atoms with E-state index in [-0.39, 0.29) is 12.8 Å². The van der Waals surface area contributed by atoms with Gasteiger partial charge in [0.2, 0.25) is 17.7 Å². The van der Waals surface area contributed by atoms with Crippen molar-refractivity contribution in [2.45, 2.75) is 57.5 Å². The summed E-state index contributed by atoms with van der Waals surface area (Å²) >= 11 is 0. The number of nitrogens with one attached hydrogen (secondary N) is 2. The highest BCUT2D eigenvalue weighted by Crippen LogP contribution is 2.27. The van der Waals surface area contributed by atoms with E-state index in [0.717, 1.165) is 5.56 Å². The fourth-order valence-corrected chi connectivity index (χ4v) is 3.76. The topological polar surface area (TPSA) is 136 Å². The minimum absolute atomic E-state index is 0.248. The van der Waals surface area contributed by atoms with Gasteiger partial charge in [-0.2, -0.15) is 0 Å². The zero-order valence-electron chi connectivity index (χ0n) is 17.3. The highest BCUT2D eigenvalue weighted by atomic mass is 16.5. The van der Waals surface area contributed by atoms with Gasteiger partial charge in [0.1, 0.15) is 12.6 Å². The Bertz CT molecular complexity index is 780. The summed E-state index contributed by atoms with van der Waals surface area (Å²) in [6.07, 6.45) is 1.64. The maximum absolute atomic E-state index is 13.0. The Morgan fingerprint density at radius 1 is 1.23 bits per heavy atom. The molecule has 1 aliphatic heterocycles. The van der Waals surface area contributed by atoms with E-state index in [1.165, 1.54) is 10.4 Å². The number of benzene rings is 1. The van der Waals surface area contributed by atoms with Gasteiger partial charge in [-0.25, -0.2) is 5.48 Å². The molecular formula is C21H29N3O6.